The van der Waals surface area contributed by atoms with Crippen LogP contribution >= 0.6 is 0 Å². The van der Waals surface area contributed by atoms with Crippen LogP contribution < -0.4 is 15.5 Å². The van der Waals surface area contributed by atoms with Gasteiger partial charge in [0.15, 0.2) is 0 Å². The van der Waals surface area contributed by atoms with Gasteiger partial charge < -0.3 is 4.90 Å². The van der Waals surface area contributed by atoms with E-state index in [1.165, 1.54) is 27.6 Å². The van der Waals surface area contributed by atoms with Crippen molar-refractivity contribution in [1.82, 2.24) is 9.97 Å². The monoisotopic (exact) mass is 604 g/mol. The summed E-state index contributed by atoms with van der Waals surface area (Å²) in [6.07, 6.45) is 7.74. The summed E-state index contributed by atoms with van der Waals surface area (Å²) in [5.41, 5.74) is 10.8. The van der Waals surface area contributed by atoms with Gasteiger partial charge in [-0.05, 0) is 46.5 Å². The van der Waals surface area contributed by atoms with E-state index in [4.69, 9.17) is 15.0 Å². The zero-order chi connectivity index (χ0) is 31.3. The van der Waals surface area contributed by atoms with Crippen molar-refractivity contribution in [3.8, 4) is 22.5 Å². The summed E-state index contributed by atoms with van der Waals surface area (Å²) in [4.78, 5) is 18.1. The first kappa shape index (κ1) is 27.4. The molecule has 0 aliphatic carbocycles. The van der Waals surface area contributed by atoms with Crippen molar-refractivity contribution in [3.63, 3.8) is 0 Å². The quantitative estimate of drug-likeness (QED) is 0.189. The number of fused-ring (bicyclic) bond motifs is 6. The smallest absolute Gasteiger partial charge is 0.0972 e. The van der Waals surface area contributed by atoms with Crippen LogP contribution in [0.4, 0.5) is 5.69 Å². The molecule has 7 aromatic rings. The van der Waals surface area contributed by atoms with Crippen molar-refractivity contribution in [2.75, 3.05) is 11.9 Å². The second-order valence-electron chi connectivity index (χ2n) is 12.4. The summed E-state index contributed by atoms with van der Waals surface area (Å²) in [5, 5.41) is 4.45. The summed E-state index contributed by atoms with van der Waals surface area (Å²) in [7, 11) is 2.19. The first-order valence-electron chi connectivity index (χ1n) is 16.2. The van der Waals surface area contributed by atoms with Crippen LogP contribution in [0.25, 0.3) is 56.5 Å². The second kappa shape index (κ2) is 11.2. The lowest BCUT2D eigenvalue weighted by atomic mass is 9.94. The van der Waals surface area contributed by atoms with Crippen LogP contribution in [-0.4, -0.2) is 17.0 Å². The Bertz CT molecular complexity index is 2470. The lowest BCUT2D eigenvalue weighted by Crippen LogP contribution is -2.38. The Morgan fingerprint density at radius 2 is 1.26 bits per heavy atom. The Balaban J connectivity index is 1.10. The van der Waals surface area contributed by atoms with Crippen LogP contribution in [-0.2, 0) is 0 Å². The van der Waals surface area contributed by atoms with Crippen LogP contribution in [0.1, 0.15) is 35.2 Å². The molecule has 0 saturated heterocycles. The average Bonchev–Trinajstić information content (AvgIpc) is 3.15. The molecule has 4 heteroatoms. The minimum Gasteiger partial charge on any atom is -0.362 e. The van der Waals surface area contributed by atoms with Crippen molar-refractivity contribution in [2.24, 2.45) is 4.99 Å². The van der Waals surface area contributed by atoms with Gasteiger partial charge in [0.05, 0.1) is 45.5 Å². The van der Waals surface area contributed by atoms with Gasteiger partial charge in [-0.1, -0.05) is 133 Å². The van der Waals surface area contributed by atoms with Gasteiger partial charge in [-0.2, -0.15) is 0 Å². The van der Waals surface area contributed by atoms with Gasteiger partial charge in [0.2, 0.25) is 0 Å². The lowest BCUT2D eigenvalue weighted by Gasteiger charge is -2.33. The number of anilines is 1. The molecular formula is C43H32N4. The Morgan fingerprint density at radius 1 is 0.617 bits per heavy atom. The van der Waals surface area contributed by atoms with E-state index in [-0.39, 0.29) is 12.1 Å². The van der Waals surface area contributed by atoms with E-state index in [1.54, 1.807) is 0 Å². The van der Waals surface area contributed by atoms with Crippen LogP contribution in [0.3, 0.4) is 0 Å². The second-order valence-corrected chi connectivity index (χ2v) is 12.4. The van der Waals surface area contributed by atoms with Gasteiger partial charge in [-0.15, -0.1) is 0 Å². The molecule has 224 valence electrons. The fraction of sp³-hybridized carbons (Fsp3) is 0.0930. The van der Waals surface area contributed by atoms with Crippen LogP contribution in [0.5, 0.6) is 0 Å². The van der Waals surface area contributed by atoms with Crippen molar-refractivity contribution < 1.29 is 0 Å². The third kappa shape index (κ3) is 4.81. The predicted octanol–water partition coefficient (Wildman–Crippen LogP) is 8.87. The largest absolute Gasteiger partial charge is 0.362 e. The third-order valence-electron chi connectivity index (χ3n) is 9.59. The van der Waals surface area contributed by atoms with Gasteiger partial charge in [0.25, 0.3) is 0 Å². The van der Waals surface area contributed by atoms with Crippen molar-refractivity contribution in [2.45, 2.75) is 18.5 Å². The van der Waals surface area contributed by atoms with E-state index < -0.39 is 0 Å². The van der Waals surface area contributed by atoms with Crippen molar-refractivity contribution >= 4 is 39.6 Å². The molecule has 4 nitrogen and oxygen atoms in total. The maximum atomic E-state index is 5.43. The number of hydrogen-bond donors (Lipinski definition) is 0. The van der Waals surface area contributed by atoms with E-state index in [0.717, 1.165) is 56.1 Å². The summed E-state index contributed by atoms with van der Waals surface area (Å²) in [6, 6.07) is 47.2. The van der Waals surface area contributed by atoms with E-state index in [0.29, 0.717) is 0 Å². The minimum absolute atomic E-state index is 0.0276. The first-order valence-corrected chi connectivity index (χ1v) is 16.2. The van der Waals surface area contributed by atoms with E-state index >= 15 is 0 Å². The standard InChI is InChI=1S/C43H32N4/c1-47-39(29-11-6-3-7-12-29)26-22-33-18-17-32-21-25-38(46-42(32)43(33)47)35-14-8-13-34(27-35)37-24-20-31-16-15-30-19-23-36(28-9-4-2-5-10-28)44-40(30)41(31)45-37/h2-24,26-27,38-39H,25H2,1H3. The maximum Gasteiger partial charge on any atom is 0.0972 e. The number of likely N-dealkylation sites (N-methyl/N-ethyl adjacent to an activating group) is 1. The number of nitrogens with zero attached hydrogens (tertiary/aromatic N) is 4. The molecule has 2 aliphatic heterocycles. The SMILES string of the molecule is CN1c2c(ccc3c2=NC(c2cccc(-c4ccc5ccc6ccc(-c7ccccc7)nc6c5n4)c2)CC=3)C=CC1c1ccccc1. The lowest BCUT2D eigenvalue weighted by molar-refractivity contribution is 0.714. The van der Waals surface area contributed by atoms with Crippen LogP contribution in [0.2, 0.25) is 0 Å². The number of aromatic nitrogens is 2. The fourth-order valence-electron chi connectivity index (χ4n) is 7.13. The number of rotatable bonds is 4. The van der Waals surface area contributed by atoms with Crippen molar-refractivity contribution in [3.05, 3.63) is 167 Å². The fourth-order valence-corrected chi connectivity index (χ4v) is 7.13. The van der Waals surface area contributed by atoms with Gasteiger partial charge >= 0.3 is 0 Å². The highest BCUT2D eigenvalue weighted by Crippen LogP contribution is 2.35. The number of pyridine rings is 2. The summed E-state index contributed by atoms with van der Waals surface area (Å²) < 4.78 is 0. The van der Waals surface area contributed by atoms with E-state index in [9.17, 15) is 0 Å². The molecule has 5 aromatic carbocycles. The number of benzene rings is 5. The molecule has 4 heterocycles. The molecule has 9 rings (SSSR count). The summed E-state index contributed by atoms with van der Waals surface area (Å²) in [5.74, 6) is 0. The van der Waals surface area contributed by atoms with Gasteiger partial charge in [0, 0.05) is 28.9 Å². The van der Waals surface area contributed by atoms with E-state index in [1.807, 2.05) is 18.2 Å². The zero-order valence-corrected chi connectivity index (χ0v) is 26.1. The Labute approximate surface area is 273 Å². The van der Waals surface area contributed by atoms with E-state index in [2.05, 4.69) is 145 Å². The topological polar surface area (TPSA) is 41.4 Å². The van der Waals surface area contributed by atoms with Gasteiger partial charge in [0.1, 0.15) is 0 Å². The predicted molar refractivity (Wildman–Crippen MR) is 194 cm³/mol. The zero-order valence-electron chi connectivity index (χ0n) is 26.1. The summed E-state index contributed by atoms with van der Waals surface area (Å²) in [6.45, 7) is 0. The molecule has 2 unspecified atom stereocenters. The maximum absolute atomic E-state index is 5.43. The highest BCUT2D eigenvalue weighted by molar-refractivity contribution is 6.04. The molecule has 0 radical (unpaired) electrons. The molecule has 0 fully saturated rings. The molecule has 2 aromatic heterocycles. The third-order valence-corrected chi connectivity index (χ3v) is 9.59. The van der Waals surface area contributed by atoms with Crippen LogP contribution in [0.15, 0.2) is 145 Å². The highest BCUT2D eigenvalue weighted by Gasteiger charge is 2.24. The van der Waals surface area contributed by atoms with Gasteiger partial charge in [-0.25, -0.2) is 9.97 Å². The van der Waals surface area contributed by atoms with Crippen molar-refractivity contribution in [1.29, 1.82) is 0 Å². The Kier molecular flexibility index (Phi) is 6.53. The normalized spacial score (nSPS) is 16.7. The molecule has 0 saturated carbocycles. The Morgan fingerprint density at radius 3 is 2.00 bits per heavy atom. The molecule has 0 bridgehead atoms. The minimum atomic E-state index is 0.0276. The van der Waals surface area contributed by atoms with Crippen LogP contribution in [0, 0.1) is 0 Å². The molecule has 2 atom stereocenters. The van der Waals surface area contributed by atoms with Gasteiger partial charge in [-0.3, -0.25) is 4.99 Å². The molecule has 47 heavy (non-hydrogen) atoms. The highest BCUT2D eigenvalue weighted by atomic mass is 15.1. The average molecular weight is 605 g/mol. The number of hydrogen-bond acceptors (Lipinski definition) is 4. The molecule has 2 aliphatic rings. The Hall–Kier alpha value is -5.87. The molecule has 0 amide bonds. The first-order chi connectivity index (χ1) is 23.2. The summed E-state index contributed by atoms with van der Waals surface area (Å²) >= 11 is 0. The molecule has 0 N–H and O–H groups in total. The molecular weight excluding hydrogens is 573 g/mol. The molecule has 0 spiro atoms.